The van der Waals surface area contributed by atoms with Crippen LogP contribution in [0.5, 0.6) is 0 Å². The van der Waals surface area contributed by atoms with Crippen molar-refractivity contribution in [3.05, 3.63) is 30.3 Å². The monoisotopic (exact) mass is 273 g/mol. The van der Waals surface area contributed by atoms with Gasteiger partial charge in [0.05, 0.1) is 5.75 Å². The van der Waals surface area contributed by atoms with Gasteiger partial charge in [-0.15, -0.1) is 0 Å². The van der Waals surface area contributed by atoms with Gasteiger partial charge in [-0.25, -0.2) is 13.1 Å². The molecular weight excluding hydrogens is 258 g/mol. The van der Waals surface area contributed by atoms with Gasteiger partial charge < -0.3 is 10.6 Å². The first-order valence-corrected chi connectivity index (χ1v) is 7.11. The van der Waals surface area contributed by atoms with E-state index in [0.29, 0.717) is 5.11 Å². The normalized spacial score (nSPS) is 10.9. The maximum absolute atomic E-state index is 11.1. The molecule has 0 aromatic heterocycles. The molecule has 0 saturated carbocycles. The van der Waals surface area contributed by atoms with Gasteiger partial charge in [-0.2, -0.15) is 0 Å². The standard InChI is InChI=1S/C10H15N3O2S2/c1-11-17(14,15)8-7-12-10(16)13-9-5-3-2-4-6-9/h2-6,11H,7-8H2,1H3,(H2,12,13,16). The molecular formula is C10H15N3O2S2. The third kappa shape index (κ3) is 5.62. The zero-order chi connectivity index (χ0) is 12.7. The molecule has 1 rings (SSSR count). The van der Waals surface area contributed by atoms with Gasteiger partial charge in [0, 0.05) is 12.2 Å². The van der Waals surface area contributed by atoms with Crippen LogP contribution in [0.2, 0.25) is 0 Å². The Morgan fingerprint density at radius 3 is 2.53 bits per heavy atom. The summed E-state index contributed by atoms with van der Waals surface area (Å²) in [6.07, 6.45) is 0. The molecule has 0 spiro atoms. The lowest BCUT2D eigenvalue weighted by atomic mass is 10.3. The second kappa shape index (κ2) is 6.53. The molecule has 0 heterocycles. The first-order chi connectivity index (χ1) is 8.03. The Bertz CT molecular complexity index is 460. The zero-order valence-electron chi connectivity index (χ0n) is 9.43. The summed E-state index contributed by atoms with van der Waals surface area (Å²) in [5.41, 5.74) is 0.862. The van der Waals surface area contributed by atoms with Gasteiger partial charge in [0.25, 0.3) is 0 Å². The van der Waals surface area contributed by atoms with Crippen LogP contribution < -0.4 is 15.4 Å². The Balaban J connectivity index is 2.32. The molecule has 0 radical (unpaired) electrons. The van der Waals surface area contributed by atoms with Gasteiger partial charge in [-0.05, 0) is 31.4 Å². The van der Waals surface area contributed by atoms with Crippen molar-refractivity contribution < 1.29 is 8.42 Å². The summed E-state index contributed by atoms with van der Waals surface area (Å²) in [6, 6.07) is 9.42. The summed E-state index contributed by atoms with van der Waals surface area (Å²) < 4.78 is 24.5. The van der Waals surface area contributed by atoms with Crippen molar-refractivity contribution in [1.29, 1.82) is 0 Å². The molecule has 0 aliphatic carbocycles. The molecule has 94 valence electrons. The molecule has 0 atom stereocenters. The van der Waals surface area contributed by atoms with Gasteiger partial charge in [0.2, 0.25) is 10.0 Å². The SMILES string of the molecule is CNS(=O)(=O)CCNC(=S)Nc1ccccc1. The molecule has 0 aliphatic rings. The number of anilines is 1. The Hall–Kier alpha value is -1.18. The molecule has 0 saturated heterocycles. The molecule has 0 bridgehead atoms. The fourth-order valence-electron chi connectivity index (χ4n) is 1.10. The van der Waals surface area contributed by atoms with Crippen molar-refractivity contribution in [2.24, 2.45) is 0 Å². The molecule has 0 aliphatic heterocycles. The lowest BCUT2D eigenvalue weighted by Crippen LogP contribution is -2.35. The van der Waals surface area contributed by atoms with Crippen LogP contribution in [0.1, 0.15) is 0 Å². The second-order valence-electron chi connectivity index (χ2n) is 3.27. The van der Waals surface area contributed by atoms with Crippen molar-refractivity contribution in [2.45, 2.75) is 0 Å². The predicted molar refractivity (Wildman–Crippen MR) is 73.5 cm³/mol. The number of hydrogen-bond donors (Lipinski definition) is 3. The van der Waals surface area contributed by atoms with Crippen molar-refractivity contribution in [3.8, 4) is 0 Å². The second-order valence-corrected chi connectivity index (χ2v) is 5.72. The molecule has 0 amide bonds. The van der Waals surface area contributed by atoms with Crippen LogP contribution in [0.3, 0.4) is 0 Å². The largest absolute Gasteiger partial charge is 0.361 e. The molecule has 5 nitrogen and oxygen atoms in total. The molecule has 1 aromatic rings. The van der Waals surface area contributed by atoms with Crippen LogP contribution in [-0.4, -0.2) is 32.9 Å². The highest BCUT2D eigenvalue weighted by atomic mass is 32.2. The maximum atomic E-state index is 11.1. The number of rotatable bonds is 5. The first-order valence-electron chi connectivity index (χ1n) is 5.04. The van der Waals surface area contributed by atoms with Crippen LogP contribution in [0.25, 0.3) is 0 Å². The number of para-hydroxylation sites is 1. The molecule has 7 heteroatoms. The fourth-order valence-corrected chi connectivity index (χ4v) is 1.89. The lowest BCUT2D eigenvalue weighted by molar-refractivity contribution is 0.587. The Morgan fingerprint density at radius 2 is 1.94 bits per heavy atom. The number of sulfonamides is 1. The topological polar surface area (TPSA) is 70.2 Å². The van der Waals surface area contributed by atoms with E-state index in [1.165, 1.54) is 7.05 Å². The Labute approximate surface area is 107 Å². The van der Waals surface area contributed by atoms with Gasteiger partial charge in [0.15, 0.2) is 5.11 Å². The quantitative estimate of drug-likeness (QED) is 0.682. The molecule has 0 fully saturated rings. The van der Waals surface area contributed by atoms with E-state index in [1.54, 1.807) is 0 Å². The van der Waals surface area contributed by atoms with Crippen LogP contribution in [0.4, 0.5) is 5.69 Å². The van der Waals surface area contributed by atoms with E-state index in [2.05, 4.69) is 15.4 Å². The predicted octanol–water partition coefficient (Wildman–Crippen LogP) is 0.522. The minimum atomic E-state index is -3.19. The molecule has 17 heavy (non-hydrogen) atoms. The zero-order valence-corrected chi connectivity index (χ0v) is 11.1. The smallest absolute Gasteiger partial charge is 0.213 e. The summed E-state index contributed by atoms with van der Waals surface area (Å²) in [5.74, 6) is -0.0138. The van der Waals surface area contributed by atoms with Crippen molar-refractivity contribution >= 4 is 33.0 Å². The summed E-state index contributed by atoms with van der Waals surface area (Å²) in [6.45, 7) is 0.266. The summed E-state index contributed by atoms with van der Waals surface area (Å²) in [4.78, 5) is 0. The molecule has 3 N–H and O–H groups in total. The Morgan fingerprint density at radius 1 is 1.29 bits per heavy atom. The summed E-state index contributed by atoms with van der Waals surface area (Å²) >= 11 is 5.02. The highest BCUT2D eigenvalue weighted by Crippen LogP contribution is 2.03. The molecule has 1 aromatic carbocycles. The first kappa shape index (κ1) is 13.9. The number of benzene rings is 1. The van der Waals surface area contributed by atoms with Crippen molar-refractivity contribution in [2.75, 3.05) is 24.7 Å². The number of nitrogens with one attached hydrogen (secondary N) is 3. The van der Waals surface area contributed by atoms with E-state index in [4.69, 9.17) is 12.2 Å². The van der Waals surface area contributed by atoms with E-state index in [1.807, 2.05) is 30.3 Å². The van der Waals surface area contributed by atoms with Gasteiger partial charge in [-0.3, -0.25) is 0 Å². The highest BCUT2D eigenvalue weighted by molar-refractivity contribution is 7.89. The fraction of sp³-hybridized carbons (Fsp3) is 0.300. The summed E-state index contributed by atoms with van der Waals surface area (Å²) in [5, 5.41) is 6.18. The van der Waals surface area contributed by atoms with Crippen LogP contribution in [-0.2, 0) is 10.0 Å². The van der Waals surface area contributed by atoms with Crippen molar-refractivity contribution in [3.63, 3.8) is 0 Å². The van der Waals surface area contributed by atoms with Gasteiger partial charge >= 0.3 is 0 Å². The minimum Gasteiger partial charge on any atom is -0.361 e. The van der Waals surface area contributed by atoms with Crippen LogP contribution in [0, 0.1) is 0 Å². The van der Waals surface area contributed by atoms with Crippen LogP contribution >= 0.6 is 12.2 Å². The van der Waals surface area contributed by atoms with Gasteiger partial charge in [0.1, 0.15) is 0 Å². The van der Waals surface area contributed by atoms with E-state index < -0.39 is 10.0 Å². The lowest BCUT2D eigenvalue weighted by Gasteiger charge is -2.10. The average molecular weight is 273 g/mol. The third-order valence-electron chi connectivity index (χ3n) is 2.00. The molecule has 0 unspecified atom stereocenters. The number of thiocarbonyl (C=S) groups is 1. The van der Waals surface area contributed by atoms with Crippen molar-refractivity contribution in [1.82, 2.24) is 10.0 Å². The third-order valence-corrected chi connectivity index (χ3v) is 3.61. The van der Waals surface area contributed by atoms with Gasteiger partial charge in [-0.1, -0.05) is 18.2 Å². The maximum Gasteiger partial charge on any atom is 0.213 e. The average Bonchev–Trinajstić information content (AvgIpc) is 2.30. The minimum absolute atomic E-state index is 0.0138. The van der Waals surface area contributed by atoms with E-state index in [0.717, 1.165) is 5.69 Å². The number of hydrogen-bond acceptors (Lipinski definition) is 3. The highest BCUT2D eigenvalue weighted by Gasteiger charge is 2.06. The summed E-state index contributed by atoms with van der Waals surface area (Å²) in [7, 11) is -1.80. The van der Waals surface area contributed by atoms with Crippen LogP contribution in [0.15, 0.2) is 30.3 Å². The van der Waals surface area contributed by atoms with E-state index in [9.17, 15) is 8.42 Å². The van der Waals surface area contributed by atoms with E-state index in [-0.39, 0.29) is 12.3 Å². The Kier molecular flexibility index (Phi) is 5.33. The van der Waals surface area contributed by atoms with E-state index >= 15 is 0 Å².